The van der Waals surface area contributed by atoms with Crippen molar-refractivity contribution in [2.45, 2.75) is 6.42 Å². The van der Waals surface area contributed by atoms with Crippen molar-refractivity contribution in [1.29, 1.82) is 0 Å². The number of aromatic nitrogens is 2. The van der Waals surface area contributed by atoms with Gasteiger partial charge in [0, 0.05) is 23.3 Å². The van der Waals surface area contributed by atoms with Crippen LogP contribution in [0.1, 0.15) is 16.1 Å². The van der Waals surface area contributed by atoms with Crippen LogP contribution in [-0.2, 0) is 6.42 Å². The highest BCUT2D eigenvalue weighted by Crippen LogP contribution is 2.13. The summed E-state index contributed by atoms with van der Waals surface area (Å²) in [4.78, 5) is 17.3. The molecule has 0 spiro atoms. The summed E-state index contributed by atoms with van der Waals surface area (Å²) in [6.07, 6.45) is 4.22. The van der Waals surface area contributed by atoms with E-state index in [1.165, 1.54) is 0 Å². The van der Waals surface area contributed by atoms with Gasteiger partial charge >= 0.3 is 0 Å². The van der Waals surface area contributed by atoms with E-state index >= 15 is 0 Å². The first kappa shape index (κ1) is 10.2. The van der Waals surface area contributed by atoms with Gasteiger partial charge in [0.25, 0.3) is 0 Å². The minimum absolute atomic E-state index is 0.108. The molecule has 4 heteroatoms. The Hall–Kier alpha value is -1.94. The second kappa shape index (κ2) is 4.14. The summed E-state index contributed by atoms with van der Waals surface area (Å²) in [6.45, 7) is 0. The maximum Gasteiger partial charge on any atom is 0.193 e. The Labute approximate surface area is 102 Å². The molecular weight excluding hydrogens is 232 g/mol. The smallest absolute Gasteiger partial charge is 0.193 e. The zero-order chi connectivity index (χ0) is 11.7. The van der Waals surface area contributed by atoms with Gasteiger partial charge in [0.15, 0.2) is 10.7 Å². The third-order valence-electron chi connectivity index (χ3n) is 2.58. The summed E-state index contributed by atoms with van der Waals surface area (Å²) in [5.41, 5.74) is 1.56. The van der Waals surface area contributed by atoms with E-state index in [1.807, 2.05) is 52.5 Å². The van der Waals surface area contributed by atoms with Crippen molar-refractivity contribution in [3.8, 4) is 0 Å². The Kier molecular flexibility index (Phi) is 2.49. The lowest BCUT2D eigenvalue weighted by Crippen LogP contribution is -2.03. The molecule has 3 rings (SSSR count). The van der Waals surface area contributed by atoms with Gasteiger partial charge in [0.05, 0.1) is 12.1 Å². The normalized spacial score (nSPS) is 10.8. The van der Waals surface area contributed by atoms with Crippen molar-refractivity contribution >= 4 is 22.1 Å². The molecule has 0 fully saturated rings. The fraction of sp³-hybridized carbons (Fsp3) is 0.0769. The highest BCUT2D eigenvalue weighted by Gasteiger charge is 2.09. The van der Waals surface area contributed by atoms with Gasteiger partial charge in [-0.25, -0.2) is 4.98 Å². The molecule has 2 heterocycles. The van der Waals surface area contributed by atoms with Gasteiger partial charge in [-0.15, -0.1) is 11.3 Å². The van der Waals surface area contributed by atoms with Crippen LogP contribution >= 0.6 is 11.3 Å². The zero-order valence-corrected chi connectivity index (χ0v) is 9.85. The summed E-state index contributed by atoms with van der Waals surface area (Å²) in [5, 5.41) is 1.98. The van der Waals surface area contributed by atoms with Crippen molar-refractivity contribution in [3.63, 3.8) is 0 Å². The molecule has 3 nitrogen and oxygen atoms in total. The van der Waals surface area contributed by atoms with E-state index < -0.39 is 0 Å². The number of rotatable bonds is 3. The second-order valence-electron chi connectivity index (χ2n) is 3.79. The van der Waals surface area contributed by atoms with Crippen molar-refractivity contribution < 1.29 is 4.79 Å². The molecule has 0 atom stereocenters. The number of carbonyl (C=O) groups is 1. The summed E-state index contributed by atoms with van der Waals surface area (Å²) in [7, 11) is 0. The van der Waals surface area contributed by atoms with Crippen molar-refractivity contribution in [2.24, 2.45) is 0 Å². The third kappa shape index (κ3) is 1.99. The van der Waals surface area contributed by atoms with E-state index in [2.05, 4.69) is 4.98 Å². The van der Waals surface area contributed by atoms with Crippen LogP contribution in [0.2, 0.25) is 0 Å². The van der Waals surface area contributed by atoms with E-state index in [0.29, 0.717) is 6.42 Å². The van der Waals surface area contributed by atoms with Gasteiger partial charge in [-0.1, -0.05) is 30.3 Å². The number of ketones is 1. The van der Waals surface area contributed by atoms with Crippen LogP contribution in [-0.4, -0.2) is 15.2 Å². The highest BCUT2D eigenvalue weighted by atomic mass is 32.1. The van der Waals surface area contributed by atoms with Gasteiger partial charge in [-0.3, -0.25) is 9.20 Å². The van der Waals surface area contributed by atoms with Crippen molar-refractivity contribution in [3.05, 3.63) is 59.4 Å². The molecule has 2 aromatic heterocycles. The first-order chi connectivity index (χ1) is 8.33. The molecule has 0 bridgehead atoms. The number of thiazole rings is 1. The lowest BCUT2D eigenvalue weighted by molar-refractivity contribution is 0.0992. The number of benzene rings is 1. The molecule has 0 amide bonds. The van der Waals surface area contributed by atoms with Crippen LogP contribution in [0.25, 0.3) is 4.96 Å². The molecule has 0 aliphatic rings. The molecule has 17 heavy (non-hydrogen) atoms. The Balaban J connectivity index is 1.84. The number of imidazole rings is 1. The number of nitrogens with zero attached hydrogens (tertiary/aromatic N) is 2. The second-order valence-corrected chi connectivity index (χ2v) is 4.66. The molecule has 3 aromatic rings. The molecular formula is C13H10N2OS. The van der Waals surface area contributed by atoms with Gasteiger partial charge in [0.1, 0.15) is 0 Å². The van der Waals surface area contributed by atoms with Crippen molar-refractivity contribution in [2.75, 3.05) is 0 Å². The lowest BCUT2D eigenvalue weighted by Gasteiger charge is -1.97. The van der Waals surface area contributed by atoms with Gasteiger partial charge in [-0.05, 0) is 0 Å². The Bertz CT molecular complexity index is 626. The third-order valence-corrected chi connectivity index (χ3v) is 3.35. The number of carbonyl (C=O) groups excluding carboxylic acids is 1. The molecule has 84 valence electrons. The number of hydrogen-bond acceptors (Lipinski definition) is 3. The summed E-state index contributed by atoms with van der Waals surface area (Å²) >= 11 is 1.57. The Morgan fingerprint density at radius 1 is 1.29 bits per heavy atom. The van der Waals surface area contributed by atoms with Crippen LogP contribution in [0.5, 0.6) is 0 Å². The van der Waals surface area contributed by atoms with E-state index in [1.54, 1.807) is 11.3 Å². The molecule has 0 saturated carbocycles. The zero-order valence-electron chi connectivity index (χ0n) is 9.04. The molecule has 0 saturated heterocycles. The van der Waals surface area contributed by atoms with Crippen LogP contribution in [0.15, 0.2) is 48.1 Å². The first-order valence-electron chi connectivity index (χ1n) is 5.32. The predicted molar refractivity (Wildman–Crippen MR) is 67.5 cm³/mol. The Morgan fingerprint density at radius 3 is 2.88 bits per heavy atom. The highest BCUT2D eigenvalue weighted by molar-refractivity contribution is 7.15. The first-order valence-corrected chi connectivity index (χ1v) is 6.20. The standard InChI is InChI=1S/C13H10N2OS/c16-12(10-4-2-1-3-5-10)8-11-9-15-6-7-17-13(15)14-11/h1-7,9H,8H2. The van der Waals surface area contributed by atoms with Crippen LogP contribution < -0.4 is 0 Å². The van der Waals surface area contributed by atoms with E-state index in [-0.39, 0.29) is 5.78 Å². The monoisotopic (exact) mass is 242 g/mol. The minimum atomic E-state index is 0.108. The number of Topliss-reactive ketones (excluding diaryl/α,β-unsaturated/α-hetero) is 1. The average molecular weight is 242 g/mol. The topological polar surface area (TPSA) is 34.4 Å². The quantitative estimate of drug-likeness (QED) is 0.662. The minimum Gasteiger partial charge on any atom is -0.297 e. The SMILES string of the molecule is O=C(Cc1cn2ccsc2n1)c1ccccc1. The molecule has 1 aromatic carbocycles. The van der Waals surface area contributed by atoms with E-state index in [4.69, 9.17) is 0 Å². The van der Waals surface area contributed by atoms with E-state index in [9.17, 15) is 4.79 Å². The average Bonchev–Trinajstić information content (AvgIpc) is 2.90. The molecule has 0 unspecified atom stereocenters. The fourth-order valence-corrected chi connectivity index (χ4v) is 2.47. The van der Waals surface area contributed by atoms with Crippen LogP contribution in [0, 0.1) is 0 Å². The predicted octanol–water partition coefficient (Wildman–Crippen LogP) is 2.82. The summed E-state index contributed by atoms with van der Waals surface area (Å²) < 4.78 is 1.94. The fourth-order valence-electron chi connectivity index (χ4n) is 1.75. The number of hydrogen-bond donors (Lipinski definition) is 0. The molecule has 0 aliphatic carbocycles. The molecule has 0 radical (unpaired) electrons. The van der Waals surface area contributed by atoms with Crippen molar-refractivity contribution in [1.82, 2.24) is 9.38 Å². The summed E-state index contributed by atoms with van der Waals surface area (Å²) in [5.74, 6) is 0.108. The largest absolute Gasteiger partial charge is 0.297 e. The van der Waals surface area contributed by atoms with Crippen LogP contribution in [0.4, 0.5) is 0 Å². The van der Waals surface area contributed by atoms with Gasteiger partial charge < -0.3 is 0 Å². The maximum absolute atomic E-state index is 12.0. The number of fused-ring (bicyclic) bond motifs is 1. The van der Waals surface area contributed by atoms with Gasteiger partial charge in [-0.2, -0.15) is 0 Å². The lowest BCUT2D eigenvalue weighted by atomic mass is 10.1. The Morgan fingerprint density at radius 2 is 2.12 bits per heavy atom. The maximum atomic E-state index is 12.0. The summed E-state index contributed by atoms with van der Waals surface area (Å²) in [6, 6.07) is 9.32. The molecule has 0 aliphatic heterocycles. The molecule has 0 N–H and O–H groups in total. The van der Waals surface area contributed by atoms with E-state index in [0.717, 1.165) is 16.2 Å². The van der Waals surface area contributed by atoms with Crippen LogP contribution in [0.3, 0.4) is 0 Å². The van der Waals surface area contributed by atoms with Gasteiger partial charge in [0.2, 0.25) is 0 Å².